The van der Waals surface area contributed by atoms with Gasteiger partial charge in [0.25, 0.3) is 0 Å². The molecule has 7 heteroatoms. The number of carbonyl (C=O) groups excluding carboxylic acids is 2. The van der Waals surface area contributed by atoms with Crippen LogP contribution >= 0.6 is 0 Å². The first-order valence-corrected chi connectivity index (χ1v) is 7.74. The smallest absolute Gasteiger partial charge is 0.236 e. The molecule has 0 bridgehead atoms. The molecule has 2 amide bonds. The highest BCUT2D eigenvalue weighted by atomic mass is 16.2. The van der Waals surface area contributed by atoms with E-state index in [1.807, 2.05) is 11.1 Å². The topological polar surface area (TPSA) is 72.5 Å². The third kappa shape index (κ3) is 4.84. The van der Waals surface area contributed by atoms with Gasteiger partial charge in [0, 0.05) is 52.9 Å². The number of rotatable bonds is 5. The molecule has 1 aliphatic rings. The maximum Gasteiger partial charge on any atom is 0.236 e. The highest BCUT2D eigenvalue weighted by molar-refractivity contribution is 5.78. The second-order valence-corrected chi connectivity index (χ2v) is 5.91. The molecule has 1 saturated heterocycles. The molecular weight excluding hydrogens is 282 g/mol. The summed E-state index contributed by atoms with van der Waals surface area (Å²) in [5.41, 5.74) is 1.06. The Bertz CT molecular complexity index is 486. The van der Waals surface area contributed by atoms with Crippen molar-refractivity contribution in [3.63, 3.8) is 0 Å². The summed E-state index contributed by atoms with van der Waals surface area (Å²) >= 11 is 0. The number of likely N-dealkylation sites (N-methyl/N-ethyl adjacent to an activating group) is 1. The van der Waals surface area contributed by atoms with Gasteiger partial charge in [-0.05, 0) is 18.4 Å². The highest BCUT2D eigenvalue weighted by Crippen LogP contribution is 2.07. The molecule has 2 rings (SSSR count). The number of nitrogens with zero attached hydrogens (tertiary/aromatic N) is 4. The predicted molar refractivity (Wildman–Crippen MR) is 83.2 cm³/mol. The summed E-state index contributed by atoms with van der Waals surface area (Å²) in [6, 6.07) is 0. The summed E-state index contributed by atoms with van der Waals surface area (Å²) in [5.74, 6) is 0.293. The van der Waals surface area contributed by atoms with Gasteiger partial charge in [0.05, 0.1) is 12.7 Å². The van der Waals surface area contributed by atoms with Gasteiger partial charge >= 0.3 is 0 Å². The quantitative estimate of drug-likeness (QED) is 0.829. The lowest BCUT2D eigenvalue weighted by atomic mass is 10.2. The van der Waals surface area contributed by atoms with Gasteiger partial charge in [-0.2, -0.15) is 5.10 Å². The van der Waals surface area contributed by atoms with E-state index in [1.54, 1.807) is 25.2 Å². The third-order valence-electron chi connectivity index (χ3n) is 3.98. The number of amides is 2. The van der Waals surface area contributed by atoms with Gasteiger partial charge in [0.2, 0.25) is 11.8 Å². The van der Waals surface area contributed by atoms with Crippen LogP contribution in [0.3, 0.4) is 0 Å². The monoisotopic (exact) mass is 307 g/mol. The van der Waals surface area contributed by atoms with Crippen LogP contribution in [0.4, 0.5) is 0 Å². The van der Waals surface area contributed by atoms with E-state index in [0.29, 0.717) is 25.9 Å². The van der Waals surface area contributed by atoms with E-state index in [0.717, 1.165) is 31.6 Å². The Hall–Kier alpha value is -1.89. The number of carbonyl (C=O) groups is 2. The average Bonchev–Trinajstić information content (AvgIpc) is 2.90. The number of aromatic amines is 1. The summed E-state index contributed by atoms with van der Waals surface area (Å²) in [6.45, 7) is 3.54. The molecule has 0 unspecified atom stereocenters. The van der Waals surface area contributed by atoms with Crippen LogP contribution < -0.4 is 0 Å². The zero-order valence-corrected chi connectivity index (χ0v) is 13.4. The SMILES string of the molecule is CN(C)C(=O)CN1CCCN(C(=O)CCc2cn[nH]c2)CC1. The predicted octanol–water partition coefficient (Wildman–Crippen LogP) is -0.0352. The second-order valence-electron chi connectivity index (χ2n) is 5.91. The van der Waals surface area contributed by atoms with Gasteiger partial charge in [-0.15, -0.1) is 0 Å². The molecule has 2 heterocycles. The molecule has 1 N–H and O–H groups in total. The first kappa shape index (κ1) is 16.5. The van der Waals surface area contributed by atoms with E-state index in [4.69, 9.17) is 0 Å². The minimum atomic E-state index is 0.111. The van der Waals surface area contributed by atoms with Crippen LogP contribution in [0, 0.1) is 0 Å². The van der Waals surface area contributed by atoms with Gasteiger partial charge in [-0.25, -0.2) is 0 Å². The molecule has 122 valence electrons. The first-order valence-electron chi connectivity index (χ1n) is 7.74. The second kappa shape index (κ2) is 7.93. The molecule has 1 aliphatic heterocycles. The standard InChI is InChI=1S/C15H25N5O2/c1-18(2)15(22)12-19-6-3-7-20(9-8-19)14(21)5-4-13-10-16-17-11-13/h10-11H,3-9,12H2,1-2H3,(H,16,17). The van der Waals surface area contributed by atoms with E-state index < -0.39 is 0 Å². The molecule has 22 heavy (non-hydrogen) atoms. The Morgan fingerprint density at radius 2 is 2.09 bits per heavy atom. The van der Waals surface area contributed by atoms with Gasteiger partial charge < -0.3 is 9.80 Å². The molecule has 1 aromatic heterocycles. The normalized spacial score (nSPS) is 16.4. The number of nitrogens with one attached hydrogen (secondary N) is 1. The molecule has 1 aromatic rings. The number of H-pyrrole nitrogens is 1. The van der Waals surface area contributed by atoms with Crippen LogP contribution in [0.2, 0.25) is 0 Å². The van der Waals surface area contributed by atoms with Crippen molar-refractivity contribution in [2.24, 2.45) is 0 Å². The van der Waals surface area contributed by atoms with Crippen molar-refractivity contribution in [3.05, 3.63) is 18.0 Å². The van der Waals surface area contributed by atoms with E-state index in [2.05, 4.69) is 15.1 Å². The Labute approximate surface area is 131 Å². The highest BCUT2D eigenvalue weighted by Gasteiger charge is 2.20. The molecule has 0 saturated carbocycles. The molecule has 0 aliphatic carbocycles. The maximum atomic E-state index is 12.3. The summed E-state index contributed by atoms with van der Waals surface area (Å²) in [7, 11) is 3.54. The number of aryl methyl sites for hydroxylation is 1. The zero-order valence-electron chi connectivity index (χ0n) is 13.4. The van der Waals surface area contributed by atoms with Crippen LogP contribution in [0.5, 0.6) is 0 Å². The van der Waals surface area contributed by atoms with Gasteiger partial charge in [-0.3, -0.25) is 19.6 Å². The van der Waals surface area contributed by atoms with E-state index in [1.165, 1.54) is 0 Å². The van der Waals surface area contributed by atoms with Crippen LogP contribution in [0.15, 0.2) is 12.4 Å². The van der Waals surface area contributed by atoms with Crippen molar-refractivity contribution < 1.29 is 9.59 Å². The van der Waals surface area contributed by atoms with Crippen LogP contribution in [0.1, 0.15) is 18.4 Å². The van der Waals surface area contributed by atoms with E-state index >= 15 is 0 Å². The average molecular weight is 307 g/mol. The van der Waals surface area contributed by atoms with Crippen molar-refractivity contribution in [2.45, 2.75) is 19.3 Å². The first-order chi connectivity index (χ1) is 10.6. The van der Waals surface area contributed by atoms with Crippen LogP contribution in [-0.4, -0.2) is 83.5 Å². The maximum absolute atomic E-state index is 12.3. The Kier molecular flexibility index (Phi) is 5.94. The minimum Gasteiger partial charge on any atom is -0.348 e. The van der Waals surface area contributed by atoms with Crippen LogP contribution in [0.25, 0.3) is 0 Å². The van der Waals surface area contributed by atoms with Gasteiger partial charge in [0.1, 0.15) is 0 Å². The molecular formula is C15H25N5O2. The van der Waals surface area contributed by atoms with Crippen molar-refractivity contribution in [2.75, 3.05) is 46.8 Å². The lowest BCUT2D eigenvalue weighted by molar-refractivity contribution is -0.131. The number of hydrogen-bond acceptors (Lipinski definition) is 4. The Morgan fingerprint density at radius 1 is 1.27 bits per heavy atom. The third-order valence-corrected chi connectivity index (χ3v) is 3.98. The van der Waals surface area contributed by atoms with Gasteiger partial charge in [0.15, 0.2) is 0 Å². The summed E-state index contributed by atoms with van der Waals surface area (Å²) < 4.78 is 0. The van der Waals surface area contributed by atoms with E-state index in [-0.39, 0.29) is 11.8 Å². The van der Waals surface area contributed by atoms with E-state index in [9.17, 15) is 9.59 Å². The largest absolute Gasteiger partial charge is 0.348 e. The lowest BCUT2D eigenvalue weighted by Crippen LogP contribution is -2.39. The molecule has 0 atom stereocenters. The van der Waals surface area contributed by atoms with Crippen molar-refractivity contribution in [1.29, 1.82) is 0 Å². The summed E-state index contributed by atoms with van der Waals surface area (Å²) in [5, 5.41) is 6.65. The lowest BCUT2D eigenvalue weighted by Gasteiger charge is -2.22. The number of hydrogen-bond donors (Lipinski definition) is 1. The Morgan fingerprint density at radius 3 is 2.77 bits per heavy atom. The molecule has 0 radical (unpaired) electrons. The van der Waals surface area contributed by atoms with Gasteiger partial charge in [-0.1, -0.05) is 0 Å². The molecule has 0 spiro atoms. The minimum absolute atomic E-state index is 0.111. The van der Waals surface area contributed by atoms with Crippen molar-refractivity contribution in [3.8, 4) is 0 Å². The zero-order chi connectivity index (χ0) is 15.9. The summed E-state index contributed by atoms with van der Waals surface area (Å²) in [6.07, 6.45) is 5.72. The fourth-order valence-corrected chi connectivity index (χ4v) is 2.53. The molecule has 7 nitrogen and oxygen atoms in total. The number of aromatic nitrogens is 2. The fourth-order valence-electron chi connectivity index (χ4n) is 2.53. The van der Waals surface area contributed by atoms with Crippen molar-refractivity contribution >= 4 is 11.8 Å². The fraction of sp³-hybridized carbons (Fsp3) is 0.667. The van der Waals surface area contributed by atoms with Crippen molar-refractivity contribution in [1.82, 2.24) is 24.9 Å². The molecule has 0 aromatic carbocycles. The van der Waals surface area contributed by atoms with Crippen LogP contribution in [-0.2, 0) is 16.0 Å². The molecule has 1 fully saturated rings. The Balaban J connectivity index is 1.77. The summed E-state index contributed by atoms with van der Waals surface area (Å²) in [4.78, 5) is 29.7.